The standard InChI is InChI=1S/C11H11NO2/c1-7-4-8(2)6-9(5-7)10(12-3)11(13)14/h5-6H,4H2,1-2H3,(H,13,14). The summed E-state index contributed by atoms with van der Waals surface area (Å²) in [6.45, 7) is 10.6. The summed E-state index contributed by atoms with van der Waals surface area (Å²) in [5.41, 5.74) is 2.47. The molecule has 0 aromatic rings. The summed E-state index contributed by atoms with van der Waals surface area (Å²) in [5, 5.41) is 8.77. The first-order chi connectivity index (χ1) is 6.54. The zero-order chi connectivity index (χ0) is 10.7. The number of allylic oxidation sites excluding steroid dienone is 5. The summed E-state index contributed by atoms with van der Waals surface area (Å²) in [4.78, 5) is 13.7. The van der Waals surface area contributed by atoms with Crippen LogP contribution in [0.5, 0.6) is 0 Å². The maximum absolute atomic E-state index is 10.7. The summed E-state index contributed by atoms with van der Waals surface area (Å²) in [6, 6.07) is 0. The highest BCUT2D eigenvalue weighted by Gasteiger charge is 2.14. The lowest BCUT2D eigenvalue weighted by atomic mass is 9.96. The topological polar surface area (TPSA) is 41.7 Å². The minimum atomic E-state index is -1.16. The van der Waals surface area contributed by atoms with Crippen LogP contribution in [0.2, 0.25) is 0 Å². The Labute approximate surface area is 82.9 Å². The van der Waals surface area contributed by atoms with Crippen molar-refractivity contribution in [2.45, 2.75) is 20.3 Å². The van der Waals surface area contributed by atoms with Crippen LogP contribution in [-0.2, 0) is 4.79 Å². The normalized spacial score (nSPS) is 15.4. The molecule has 14 heavy (non-hydrogen) atoms. The molecule has 0 aliphatic heterocycles. The van der Waals surface area contributed by atoms with Gasteiger partial charge in [-0.1, -0.05) is 23.3 Å². The molecular formula is C11H11NO2. The van der Waals surface area contributed by atoms with E-state index in [1.807, 2.05) is 13.8 Å². The zero-order valence-corrected chi connectivity index (χ0v) is 8.16. The Kier molecular flexibility index (Phi) is 2.88. The molecule has 0 aromatic heterocycles. The van der Waals surface area contributed by atoms with Gasteiger partial charge in [-0.3, -0.25) is 4.79 Å². The molecule has 0 amide bonds. The van der Waals surface area contributed by atoms with Crippen LogP contribution in [0.25, 0.3) is 4.85 Å². The minimum Gasteiger partial charge on any atom is -0.486 e. The van der Waals surface area contributed by atoms with E-state index in [1.165, 1.54) is 0 Å². The first-order valence-corrected chi connectivity index (χ1v) is 4.24. The number of hydrogen-bond donors (Lipinski definition) is 1. The summed E-state index contributed by atoms with van der Waals surface area (Å²) in [5.74, 6) is -1.16. The maximum Gasteiger partial charge on any atom is 0.334 e. The number of nitrogens with zero attached hydrogens (tertiary/aromatic N) is 1. The van der Waals surface area contributed by atoms with Gasteiger partial charge in [-0.25, -0.2) is 4.85 Å². The van der Waals surface area contributed by atoms with Crippen molar-refractivity contribution in [2.24, 2.45) is 0 Å². The highest BCUT2D eigenvalue weighted by atomic mass is 16.4. The lowest BCUT2D eigenvalue weighted by Crippen LogP contribution is -2.01. The van der Waals surface area contributed by atoms with Gasteiger partial charge in [0.1, 0.15) is 0 Å². The molecule has 0 atom stereocenters. The van der Waals surface area contributed by atoms with E-state index in [-0.39, 0.29) is 5.70 Å². The smallest absolute Gasteiger partial charge is 0.334 e. The first kappa shape index (κ1) is 10.3. The van der Waals surface area contributed by atoms with Crippen molar-refractivity contribution in [1.29, 1.82) is 0 Å². The van der Waals surface area contributed by atoms with Gasteiger partial charge >= 0.3 is 5.97 Å². The Balaban J connectivity index is 3.26. The van der Waals surface area contributed by atoms with Crippen molar-refractivity contribution in [1.82, 2.24) is 0 Å². The van der Waals surface area contributed by atoms with Crippen LogP contribution in [0.4, 0.5) is 0 Å². The predicted molar refractivity (Wildman–Crippen MR) is 53.4 cm³/mol. The molecule has 3 heteroatoms. The molecular weight excluding hydrogens is 178 g/mol. The van der Waals surface area contributed by atoms with Crippen molar-refractivity contribution in [3.8, 4) is 0 Å². The third-order valence-corrected chi connectivity index (χ3v) is 1.95. The fourth-order valence-electron chi connectivity index (χ4n) is 1.49. The van der Waals surface area contributed by atoms with E-state index in [0.717, 1.165) is 17.6 Å². The lowest BCUT2D eigenvalue weighted by molar-refractivity contribution is -0.132. The van der Waals surface area contributed by atoms with E-state index < -0.39 is 5.97 Å². The Morgan fingerprint density at radius 1 is 1.43 bits per heavy atom. The Morgan fingerprint density at radius 2 is 1.93 bits per heavy atom. The van der Waals surface area contributed by atoms with E-state index in [0.29, 0.717) is 5.57 Å². The van der Waals surface area contributed by atoms with E-state index in [2.05, 4.69) is 4.85 Å². The molecule has 0 aromatic carbocycles. The van der Waals surface area contributed by atoms with Crippen LogP contribution in [0.15, 0.2) is 34.6 Å². The minimum absolute atomic E-state index is 0.205. The van der Waals surface area contributed by atoms with Crippen LogP contribution in [0.1, 0.15) is 20.3 Å². The molecule has 0 saturated heterocycles. The number of carbonyl (C=O) groups is 1. The number of carboxylic acid groups (broad SMARTS) is 1. The number of rotatable bonds is 1. The molecule has 0 spiro atoms. The second kappa shape index (κ2) is 3.93. The van der Waals surface area contributed by atoms with E-state index in [9.17, 15) is 4.79 Å². The van der Waals surface area contributed by atoms with Crippen molar-refractivity contribution < 1.29 is 9.90 Å². The molecule has 0 bridgehead atoms. The molecule has 0 fully saturated rings. The van der Waals surface area contributed by atoms with E-state index >= 15 is 0 Å². The Hall–Kier alpha value is -1.82. The highest BCUT2D eigenvalue weighted by Crippen LogP contribution is 2.23. The van der Waals surface area contributed by atoms with Gasteiger partial charge in [0.25, 0.3) is 5.70 Å². The van der Waals surface area contributed by atoms with Gasteiger partial charge in [0, 0.05) is 0 Å². The number of aliphatic carboxylic acids is 1. The van der Waals surface area contributed by atoms with Crippen LogP contribution in [0.3, 0.4) is 0 Å². The van der Waals surface area contributed by atoms with E-state index in [4.69, 9.17) is 11.7 Å². The molecule has 0 unspecified atom stereocenters. The zero-order valence-electron chi connectivity index (χ0n) is 8.16. The fraction of sp³-hybridized carbons (Fsp3) is 0.273. The number of hydrogen-bond acceptors (Lipinski definition) is 1. The maximum atomic E-state index is 10.7. The molecule has 0 heterocycles. The van der Waals surface area contributed by atoms with Crippen molar-refractivity contribution in [3.63, 3.8) is 0 Å². The summed E-state index contributed by atoms with van der Waals surface area (Å²) in [6.07, 6.45) is 4.37. The molecule has 72 valence electrons. The summed E-state index contributed by atoms with van der Waals surface area (Å²) < 4.78 is 0. The SMILES string of the molecule is [C-]#[N+]C(C(=O)O)=C1C=C(C)CC(C)=C1. The second-order valence-electron chi connectivity index (χ2n) is 3.38. The molecule has 1 rings (SSSR count). The van der Waals surface area contributed by atoms with Gasteiger partial charge < -0.3 is 5.11 Å². The third-order valence-electron chi connectivity index (χ3n) is 1.95. The molecule has 3 nitrogen and oxygen atoms in total. The van der Waals surface area contributed by atoms with Gasteiger partial charge in [-0.15, -0.1) is 0 Å². The van der Waals surface area contributed by atoms with Crippen molar-refractivity contribution in [3.05, 3.63) is 46.0 Å². The summed E-state index contributed by atoms with van der Waals surface area (Å²) >= 11 is 0. The molecule has 0 saturated carbocycles. The van der Waals surface area contributed by atoms with Gasteiger partial charge in [0.15, 0.2) is 0 Å². The molecule has 1 N–H and O–H groups in total. The predicted octanol–water partition coefficient (Wildman–Crippen LogP) is 2.54. The van der Waals surface area contributed by atoms with Crippen LogP contribution in [0, 0.1) is 6.57 Å². The average Bonchev–Trinajstić information content (AvgIpc) is 2.02. The van der Waals surface area contributed by atoms with Crippen molar-refractivity contribution in [2.75, 3.05) is 0 Å². The average molecular weight is 189 g/mol. The quantitative estimate of drug-likeness (QED) is 0.508. The Bertz CT molecular complexity index is 385. The molecule has 1 aliphatic rings. The van der Waals surface area contributed by atoms with Gasteiger partial charge in [-0.2, -0.15) is 0 Å². The Morgan fingerprint density at radius 3 is 2.29 bits per heavy atom. The van der Waals surface area contributed by atoms with Crippen LogP contribution < -0.4 is 0 Å². The first-order valence-electron chi connectivity index (χ1n) is 4.24. The fourth-order valence-corrected chi connectivity index (χ4v) is 1.49. The van der Waals surface area contributed by atoms with Gasteiger partial charge in [0.2, 0.25) is 0 Å². The van der Waals surface area contributed by atoms with Crippen LogP contribution in [-0.4, -0.2) is 11.1 Å². The third kappa shape index (κ3) is 2.11. The highest BCUT2D eigenvalue weighted by molar-refractivity contribution is 5.91. The lowest BCUT2D eigenvalue weighted by Gasteiger charge is -2.10. The largest absolute Gasteiger partial charge is 0.486 e. The summed E-state index contributed by atoms with van der Waals surface area (Å²) in [7, 11) is 0. The van der Waals surface area contributed by atoms with Crippen LogP contribution >= 0.6 is 0 Å². The number of carboxylic acids is 1. The second-order valence-corrected chi connectivity index (χ2v) is 3.38. The molecule has 1 aliphatic carbocycles. The monoisotopic (exact) mass is 189 g/mol. The van der Waals surface area contributed by atoms with Gasteiger partial charge in [0.05, 0.1) is 6.57 Å². The van der Waals surface area contributed by atoms with Gasteiger partial charge in [-0.05, 0) is 25.8 Å². The molecule has 0 radical (unpaired) electrons. The van der Waals surface area contributed by atoms with E-state index in [1.54, 1.807) is 12.2 Å². The van der Waals surface area contributed by atoms with Crippen molar-refractivity contribution >= 4 is 5.97 Å².